The van der Waals surface area contributed by atoms with Gasteiger partial charge in [0, 0.05) is 11.1 Å². The molecule has 0 saturated heterocycles. The summed E-state index contributed by atoms with van der Waals surface area (Å²) in [6.45, 7) is 2.05. The van der Waals surface area contributed by atoms with E-state index in [2.05, 4.69) is 5.32 Å². The number of carbonyl (C=O) groups is 2. The molecule has 0 radical (unpaired) electrons. The molecule has 0 spiro atoms. The molecule has 0 aliphatic heterocycles. The molecule has 2 N–H and O–H groups in total. The molecule has 0 aliphatic carbocycles. The first kappa shape index (κ1) is 17.8. The Morgan fingerprint density at radius 2 is 1.81 bits per heavy atom. The summed E-state index contributed by atoms with van der Waals surface area (Å²) in [6.07, 6.45) is 0.900. The van der Waals surface area contributed by atoms with Crippen LogP contribution in [0.5, 0.6) is 0 Å². The lowest BCUT2D eigenvalue weighted by molar-refractivity contribution is 0.0663. The van der Waals surface area contributed by atoms with Crippen molar-refractivity contribution in [2.45, 2.75) is 13.3 Å². The zero-order valence-electron chi connectivity index (χ0n) is 14.0. The molecule has 1 amide bonds. The molecule has 0 fully saturated rings. The van der Waals surface area contributed by atoms with E-state index in [4.69, 9.17) is 21.1 Å². The SMILES string of the molecule is CCc1ccc(C(=O)Nc2cc(-c3ccc(C(=O)O)o3)ccc2Cl)cc1. The molecule has 2 aromatic carbocycles. The highest BCUT2D eigenvalue weighted by Gasteiger charge is 2.13. The van der Waals surface area contributed by atoms with E-state index in [0.29, 0.717) is 27.6 Å². The Kier molecular flexibility index (Phi) is 5.09. The fourth-order valence-corrected chi connectivity index (χ4v) is 2.63. The van der Waals surface area contributed by atoms with Gasteiger partial charge < -0.3 is 14.8 Å². The van der Waals surface area contributed by atoms with Gasteiger partial charge in [0.1, 0.15) is 5.76 Å². The van der Waals surface area contributed by atoms with Gasteiger partial charge in [-0.05, 0) is 54.4 Å². The maximum Gasteiger partial charge on any atom is 0.371 e. The summed E-state index contributed by atoms with van der Waals surface area (Å²) in [4.78, 5) is 23.4. The molecule has 132 valence electrons. The van der Waals surface area contributed by atoms with E-state index in [0.717, 1.165) is 12.0 Å². The smallest absolute Gasteiger partial charge is 0.371 e. The Hall–Kier alpha value is -3.05. The largest absolute Gasteiger partial charge is 0.475 e. The number of anilines is 1. The fourth-order valence-electron chi connectivity index (χ4n) is 2.47. The number of hydrogen-bond donors (Lipinski definition) is 2. The van der Waals surface area contributed by atoms with Gasteiger partial charge >= 0.3 is 5.97 Å². The Bertz CT molecular complexity index is 960. The minimum Gasteiger partial charge on any atom is -0.475 e. The number of carboxylic acid groups (broad SMARTS) is 1. The molecule has 3 rings (SSSR count). The summed E-state index contributed by atoms with van der Waals surface area (Å²) in [7, 11) is 0. The first-order valence-electron chi connectivity index (χ1n) is 8.01. The summed E-state index contributed by atoms with van der Waals surface area (Å²) in [5, 5.41) is 12.1. The zero-order valence-corrected chi connectivity index (χ0v) is 14.7. The number of aryl methyl sites for hydroxylation is 1. The van der Waals surface area contributed by atoms with E-state index < -0.39 is 5.97 Å². The van der Waals surface area contributed by atoms with Crippen LogP contribution in [0.15, 0.2) is 59.0 Å². The third-order valence-corrected chi connectivity index (χ3v) is 4.27. The highest BCUT2D eigenvalue weighted by molar-refractivity contribution is 6.34. The number of hydrogen-bond acceptors (Lipinski definition) is 3. The minimum atomic E-state index is -1.14. The van der Waals surface area contributed by atoms with Crippen LogP contribution >= 0.6 is 11.6 Å². The van der Waals surface area contributed by atoms with Crippen molar-refractivity contribution < 1.29 is 19.1 Å². The summed E-state index contributed by atoms with van der Waals surface area (Å²) < 4.78 is 5.29. The Morgan fingerprint density at radius 1 is 1.08 bits per heavy atom. The third-order valence-electron chi connectivity index (χ3n) is 3.94. The summed E-state index contributed by atoms with van der Waals surface area (Å²) in [5.41, 5.74) is 2.70. The lowest BCUT2D eigenvalue weighted by Crippen LogP contribution is -2.12. The number of halogens is 1. The molecule has 5 nitrogen and oxygen atoms in total. The molecule has 1 aromatic heterocycles. The van der Waals surface area contributed by atoms with Crippen molar-refractivity contribution in [1.29, 1.82) is 0 Å². The number of furan rings is 1. The number of carboxylic acids is 1. The van der Waals surface area contributed by atoms with Crippen molar-refractivity contribution in [3.05, 3.63) is 76.5 Å². The van der Waals surface area contributed by atoms with E-state index in [9.17, 15) is 9.59 Å². The number of nitrogens with one attached hydrogen (secondary N) is 1. The van der Waals surface area contributed by atoms with E-state index in [1.54, 1.807) is 36.4 Å². The maximum atomic E-state index is 12.4. The minimum absolute atomic E-state index is 0.156. The lowest BCUT2D eigenvalue weighted by Gasteiger charge is -2.09. The summed E-state index contributed by atoms with van der Waals surface area (Å²) in [6, 6.07) is 15.2. The van der Waals surface area contributed by atoms with E-state index >= 15 is 0 Å². The number of benzene rings is 2. The molecule has 0 unspecified atom stereocenters. The second-order valence-corrected chi connectivity index (χ2v) is 6.08. The van der Waals surface area contributed by atoms with Crippen molar-refractivity contribution in [2.75, 3.05) is 5.32 Å². The average molecular weight is 370 g/mol. The molecule has 26 heavy (non-hydrogen) atoms. The summed E-state index contributed by atoms with van der Waals surface area (Å²) >= 11 is 6.18. The van der Waals surface area contributed by atoms with Gasteiger partial charge in [0.05, 0.1) is 10.7 Å². The number of aromatic carboxylic acids is 1. The van der Waals surface area contributed by atoms with E-state index in [1.165, 1.54) is 6.07 Å². The molecule has 3 aromatic rings. The average Bonchev–Trinajstić information content (AvgIpc) is 3.14. The van der Waals surface area contributed by atoms with Crippen molar-refractivity contribution in [3.63, 3.8) is 0 Å². The molecule has 0 atom stereocenters. The van der Waals surface area contributed by atoms with Crippen LogP contribution < -0.4 is 5.32 Å². The lowest BCUT2D eigenvalue weighted by atomic mass is 10.1. The Balaban J connectivity index is 1.84. The molecule has 0 bridgehead atoms. The van der Waals surface area contributed by atoms with Crippen LogP contribution in [0.3, 0.4) is 0 Å². The molecular weight excluding hydrogens is 354 g/mol. The van der Waals surface area contributed by atoms with Gasteiger partial charge in [-0.25, -0.2) is 4.79 Å². The molecule has 6 heteroatoms. The molecule has 0 aliphatic rings. The van der Waals surface area contributed by atoms with Crippen LogP contribution in [-0.2, 0) is 6.42 Å². The van der Waals surface area contributed by atoms with Crippen molar-refractivity contribution in [1.82, 2.24) is 0 Å². The van der Waals surface area contributed by atoms with Gasteiger partial charge in [-0.3, -0.25) is 4.79 Å². The maximum absolute atomic E-state index is 12.4. The van der Waals surface area contributed by atoms with Crippen LogP contribution in [0.2, 0.25) is 5.02 Å². The van der Waals surface area contributed by atoms with Gasteiger partial charge in [0.25, 0.3) is 5.91 Å². The van der Waals surface area contributed by atoms with Crippen LogP contribution in [0.25, 0.3) is 11.3 Å². The first-order valence-corrected chi connectivity index (χ1v) is 8.39. The normalized spacial score (nSPS) is 10.5. The fraction of sp³-hybridized carbons (Fsp3) is 0.100. The van der Waals surface area contributed by atoms with Crippen molar-refractivity contribution >= 4 is 29.2 Å². The van der Waals surface area contributed by atoms with Gasteiger partial charge in [0.15, 0.2) is 0 Å². The van der Waals surface area contributed by atoms with Crippen molar-refractivity contribution in [2.24, 2.45) is 0 Å². The first-order chi connectivity index (χ1) is 12.5. The van der Waals surface area contributed by atoms with Crippen LogP contribution in [0.1, 0.15) is 33.4 Å². The summed E-state index contributed by atoms with van der Waals surface area (Å²) in [5.74, 6) is -1.20. The number of rotatable bonds is 5. The molecule has 0 saturated carbocycles. The van der Waals surface area contributed by atoms with E-state index in [1.807, 2.05) is 19.1 Å². The topological polar surface area (TPSA) is 79.5 Å². The monoisotopic (exact) mass is 369 g/mol. The van der Waals surface area contributed by atoms with Crippen LogP contribution in [0, 0.1) is 0 Å². The highest BCUT2D eigenvalue weighted by atomic mass is 35.5. The Morgan fingerprint density at radius 3 is 2.42 bits per heavy atom. The second-order valence-electron chi connectivity index (χ2n) is 5.67. The van der Waals surface area contributed by atoms with Gasteiger partial charge in [-0.2, -0.15) is 0 Å². The van der Waals surface area contributed by atoms with Crippen LogP contribution in [-0.4, -0.2) is 17.0 Å². The predicted octanol–water partition coefficient (Wildman–Crippen LogP) is 5.11. The highest BCUT2D eigenvalue weighted by Crippen LogP contribution is 2.30. The quantitative estimate of drug-likeness (QED) is 0.654. The van der Waals surface area contributed by atoms with Crippen LogP contribution in [0.4, 0.5) is 5.69 Å². The van der Waals surface area contributed by atoms with Gasteiger partial charge in [-0.15, -0.1) is 0 Å². The van der Waals surface area contributed by atoms with Gasteiger partial charge in [-0.1, -0.05) is 30.7 Å². The predicted molar refractivity (Wildman–Crippen MR) is 99.9 cm³/mol. The third kappa shape index (κ3) is 3.78. The van der Waals surface area contributed by atoms with Crippen molar-refractivity contribution in [3.8, 4) is 11.3 Å². The number of carbonyl (C=O) groups excluding carboxylic acids is 1. The zero-order chi connectivity index (χ0) is 18.7. The number of amides is 1. The van der Waals surface area contributed by atoms with E-state index in [-0.39, 0.29) is 11.7 Å². The second kappa shape index (κ2) is 7.45. The molecule has 1 heterocycles. The van der Waals surface area contributed by atoms with Gasteiger partial charge in [0.2, 0.25) is 5.76 Å². The Labute approximate surface area is 155 Å². The molecular formula is C20H16ClNO4. The standard InChI is InChI=1S/C20H16ClNO4/c1-2-12-3-5-13(6-4-12)19(23)22-16-11-14(7-8-15(16)21)17-9-10-18(26-17)20(24)25/h3-11H,2H2,1H3,(H,22,23)(H,24,25).